The van der Waals surface area contributed by atoms with Crippen molar-refractivity contribution >= 4 is 26.6 Å². The minimum Gasteiger partial charge on any atom is -0.480 e. The lowest BCUT2D eigenvalue weighted by Crippen LogP contribution is -2.53. The van der Waals surface area contributed by atoms with E-state index < -0.39 is 15.6 Å². The Morgan fingerprint density at radius 1 is 1.17 bits per heavy atom. The number of rotatable bonds is 5. The summed E-state index contributed by atoms with van der Waals surface area (Å²) in [7, 11) is -1.65. The van der Waals surface area contributed by atoms with Crippen LogP contribution in [-0.2, 0) is 10.0 Å². The fraction of sp³-hybridized carbons (Fsp3) is 0.579. The molecule has 0 spiro atoms. The predicted molar refractivity (Wildman–Crippen MR) is 111 cm³/mol. The molecule has 9 nitrogen and oxygen atoms in total. The van der Waals surface area contributed by atoms with Crippen LogP contribution in [0.4, 0.5) is 5.69 Å². The summed E-state index contributed by atoms with van der Waals surface area (Å²) in [6, 6.07) is 6.08. The molecule has 0 amide bonds. The third-order valence-electron chi connectivity index (χ3n) is 5.80. The van der Waals surface area contributed by atoms with Gasteiger partial charge < -0.3 is 14.7 Å². The third-order valence-corrected chi connectivity index (χ3v) is 7.05. The van der Waals surface area contributed by atoms with Crippen LogP contribution in [0.5, 0.6) is 5.88 Å². The van der Waals surface area contributed by atoms with Gasteiger partial charge in [0.05, 0.1) is 29.9 Å². The Kier molecular flexibility index (Phi) is 5.36. The molecular formula is C19H27N5O4S. The van der Waals surface area contributed by atoms with Crippen molar-refractivity contribution in [2.24, 2.45) is 0 Å². The standard InChI is InChI=1S/C19H27N5O4S/c1-28-18-16-11-15(3-4-17(16)20-14-21-18)23-9-7-22(8-10-23)12-19(25)5-6-24(13-19)29(2,26)27/h3-4,11,14,25H,5-10,12-13H2,1-2H3. The molecule has 1 atom stereocenters. The largest absolute Gasteiger partial charge is 0.480 e. The Morgan fingerprint density at radius 3 is 2.59 bits per heavy atom. The number of piperazine rings is 1. The first kappa shape index (κ1) is 20.3. The van der Waals surface area contributed by atoms with Gasteiger partial charge in [0.2, 0.25) is 15.9 Å². The second-order valence-corrected chi connectivity index (χ2v) is 9.90. The molecule has 1 N–H and O–H groups in total. The minimum atomic E-state index is -3.26. The number of hydrogen-bond acceptors (Lipinski definition) is 8. The second kappa shape index (κ2) is 7.67. The summed E-state index contributed by atoms with van der Waals surface area (Å²) in [5, 5.41) is 11.7. The van der Waals surface area contributed by atoms with Crippen LogP contribution in [0.3, 0.4) is 0 Å². The number of ether oxygens (including phenoxy) is 1. The molecule has 29 heavy (non-hydrogen) atoms. The molecule has 2 aliphatic heterocycles. The Hall–Kier alpha value is -2.01. The lowest BCUT2D eigenvalue weighted by atomic mass is 10.0. The van der Waals surface area contributed by atoms with Gasteiger partial charge in [-0.1, -0.05) is 0 Å². The molecule has 0 bridgehead atoms. The SMILES string of the molecule is COc1ncnc2ccc(N3CCN(CC4(O)CCN(S(C)(=O)=O)C4)CC3)cc12. The van der Waals surface area contributed by atoms with E-state index in [9.17, 15) is 13.5 Å². The van der Waals surface area contributed by atoms with E-state index in [-0.39, 0.29) is 6.54 Å². The van der Waals surface area contributed by atoms with Gasteiger partial charge in [-0.15, -0.1) is 0 Å². The second-order valence-electron chi connectivity index (χ2n) is 7.92. The Labute approximate surface area is 171 Å². The molecule has 0 radical (unpaired) electrons. The highest BCUT2D eigenvalue weighted by Gasteiger charge is 2.41. The zero-order valence-corrected chi connectivity index (χ0v) is 17.6. The molecule has 1 unspecified atom stereocenters. The zero-order chi connectivity index (χ0) is 20.6. The van der Waals surface area contributed by atoms with Crippen molar-refractivity contribution in [3.8, 4) is 5.88 Å². The van der Waals surface area contributed by atoms with Crippen molar-refractivity contribution in [2.45, 2.75) is 12.0 Å². The average Bonchev–Trinajstić information content (AvgIpc) is 3.10. The Balaban J connectivity index is 1.39. The van der Waals surface area contributed by atoms with E-state index >= 15 is 0 Å². The highest BCUT2D eigenvalue weighted by molar-refractivity contribution is 7.88. The molecule has 2 saturated heterocycles. The van der Waals surface area contributed by atoms with Crippen molar-refractivity contribution in [2.75, 3.05) is 64.1 Å². The van der Waals surface area contributed by atoms with E-state index in [0.29, 0.717) is 25.4 Å². The van der Waals surface area contributed by atoms with Crippen LogP contribution in [-0.4, -0.2) is 97.5 Å². The number of benzene rings is 1. The molecule has 2 fully saturated rings. The van der Waals surface area contributed by atoms with Crippen molar-refractivity contribution < 1.29 is 18.3 Å². The number of aromatic nitrogens is 2. The van der Waals surface area contributed by atoms with Gasteiger partial charge in [-0.3, -0.25) is 4.90 Å². The van der Waals surface area contributed by atoms with Crippen LogP contribution in [0.2, 0.25) is 0 Å². The van der Waals surface area contributed by atoms with Crippen molar-refractivity contribution in [3.05, 3.63) is 24.5 Å². The summed E-state index contributed by atoms with van der Waals surface area (Å²) in [6.07, 6.45) is 3.17. The molecule has 158 valence electrons. The number of anilines is 1. The Morgan fingerprint density at radius 2 is 1.93 bits per heavy atom. The van der Waals surface area contributed by atoms with Gasteiger partial charge in [-0.2, -0.15) is 4.31 Å². The number of hydrogen-bond donors (Lipinski definition) is 1. The molecule has 2 aromatic rings. The highest BCUT2D eigenvalue weighted by Crippen LogP contribution is 2.28. The lowest BCUT2D eigenvalue weighted by Gasteiger charge is -2.39. The minimum absolute atomic E-state index is 0.177. The molecule has 1 aromatic heterocycles. The fourth-order valence-corrected chi connectivity index (χ4v) is 5.09. The molecule has 2 aliphatic rings. The van der Waals surface area contributed by atoms with Gasteiger partial charge >= 0.3 is 0 Å². The summed E-state index contributed by atoms with van der Waals surface area (Å²) in [5.74, 6) is 0.564. The summed E-state index contributed by atoms with van der Waals surface area (Å²) in [5.41, 5.74) is 0.963. The van der Waals surface area contributed by atoms with Crippen LogP contribution in [0.25, 0.3) is 10.9 Å². The molecule has 4 rings (SSSR count). The Bertz CT molecular complexity index is 993. The topological polar surface area (TPSA) is 99.1 Å². The predicted octanol–water partition coefficient (Wildman–Crippen LogP) is 0.157. The smallest absolute Gasteiger partial charge is 0.224 e. The maximum Gasteiger partial charge on any atom is 0.224 e. The first-order valence-electron chi connectivity index (χ1n) is 9.71. The molecule has 0 saturated carbocycles. The van der Waals surface area contributed by atoms with Crippen LogP contribution < -0.4 is 9.64 Å². The number of β-amino-alcohol motifs (C(OH)–C–C–N with tert-alkyl or cyclic N) is 1. The zero-order valence-electron chi connectivity index (χ0n) is 16.8. The van der Waals surface area contributed by atoms with Crippen LogP contribution in [0.15, 0.2) is 24.5 Å². The number of aliphatic hydroxyl groups is 1. The number of nitrogens with zero attached hydrogens (tertiary/aromatic N) is 5. The van der Waals surface area contributed by atoms with Crippen molar-refractivity contribution in [1.82, 2.24) is 19.2 Å². The van der Waals surface area contributed by atoms with Gasteiger partial charge in [-0.05, 0) is 24.6 Å². The van der Waals surface area contributed by atoms with Crippen LogP contribution >= 0.6 is 0 Å². The highest BCUT2D eigenvalue weighted by atomic mass is 32.2. The summed E-state index contributed by atoms with van der Waals surface area (Å²) < 4.78 is 30.2. The van der Waals surface area contributed by atoms with Gasteiger partial charge in [0.1, 0.15) is 6.33 Å². The van der Waals surface area contributed by atoms with Crippen LogP contribution in [0, 0.1) is 0 Å². The first-order valence-corrected chi connectivity index (χ1v) is 11.6. The first-order chi connectivity index (χ1) is 13.8. The molecule has 0 aliphatic carbocycles. The van der Waals surface area contributed by atoms with E-state index in [4.69, 9.17) is 4.74 Å². The molecule has 3 heterocycles. The van der Waals surface area contributed by atoms with Crippen molar-refractivity contribution in [3.63, 3.8) is 0 Å². The maximum absolute atomic E-state index is 11.7. The summed E-state index contributed by atoms with van der Waals surface area (Å²) in [6.45, 7) is 4.32. The van der Waals surface area contributed by atoms with Crippen molar-refractivity contribution in [1.29, 1.82) is 0 Å². The number of fused-ring (bicyclic) bond motifs is 1. The molecule has 10 heteroatoms. The van der Waals surface area contributed by atoms with E-state index in [0.717, 1.165) is 42.8 Å². The van der Waals surface area contributed by atoms with E-state index in [1.165, 1.54) is 16.9 Å². The van der Waals surface area contributed by atoms with Gasteiger partial charge in [0.25, 0.3) is 0 Å². The van der Waals surface area contributed by atoms with E-state index in [1.807, 2.05) is 6.07 Å². The van der Waals surface area contributed by atoms with E-state index in [1.54, 1.807) is 7.11 Å². The average molecular weight is 422 g/mol. The summed E-state index contributed by atoms with van der Waals surface area (Å²) in [4.78, 5) is 13.0. The van der Waals surface area contributed by atoms with E-state index in [2.05, 4.69) is 31.9 Å². The van der Waals surface area contributed by atoms with Gasteiger partial charge in [0, 0.05) is 51.5 Å². The molecular weight excluding hydrogens is 394 g/mol. The van der Waals surface area contributed by atoms with Gasteiger partial charge in [0.15, 0.2) is 0 Å². The maximum atomic E-state index is 11.7. The summed E-state index contributed by atoms with van der Waals surface area (Å²) >= 11 is 0. The normalized spacial score (nSPS) is 24.3. The number of sulfonamides is 1. The van der Waals surface area contributed by atoms with Crippen LogP contribution in [0.1, 0.15) is 6.42 Å². The van der Waals surface area contributed by atoms with Gasteiger partial charge in [-0.25, -0.2) is 18.4 Å². The third kappa shape index (κ3) is 4.30. The fourth-order valence-electron chi connectivity index (χ4n) is 4.19. The number of methoxy groups -OCH3 is 1. The monoisotopic (exact) mass is 421 g/mol. The quantitative estimate of drug-likeness (QED) is 0.729. The lowest BCUT2D eigenvalue weighted by molar-refractivity contribution is 0.0152. The molecule has 1 aromatic carbocycles.